The van der Waals surface area contributed by atoms with Crippen LogP contribution in [0.5, 0.6) is 0 Å². The van der Waals surface area contributed by atoms with Crippen molar-refractivity contribution in [3.05, 3.63) is 39.2 Å². The van der Waals surface area contributed by atoms with Crippen molar-refractivity contribution in [2.24, 2.45) is 5.92 Å². The monoisotopic (exact) mass is 399 g/mol. The normalized spacial score (nSPS) is 18.4. The molecular weight excluding hydrogens is 386 g/mol. The van der Waals surface area contributed by atoms with Crippen LogP contribution in [0.4, 0.5) is 0 Å². The van der Waals surface area contributed by atoms with Crippen molar-refractivity contribution >= 4 is 62.2 Å². The van der Waals surface area contributed by atoms with E-state index < -0.39 is 12.0 Å². The summed E-state index contributed by atoms with van der Waals surface area (Å²) in [5.74, 6) is -1.62. The molecule has 1 N–H and O–H groups in total. The second-order valence-corrected chi connectivity index (χ2v) is 7.72. The lowest BCUT2D eigenvalue weighted by Crippen LogP contribution is -2.47. The first-order valence-corrected chi connectivity index (χ1v) is 8.58. The number of nitrogens with zero attached hydrogens (tertiary/aromatic N) is 1. The van der Waals surface area contributed by atoms with Gasteiger partial charge in [0.25, 0.3) is 5.91 Å². The van der Waals surface area contributed by atoms with E-state index in [9.17, 15) is 14.7 Å². The average molecular weight is 400 g/mol. The van der Waals surface area contributed by atoms with Gasteiger partial charge in [-0.2, -0.15) is 0 Å². The second kappa shape index (κ2) is 6.93. The van der Waals surface area contributed by atoms with Crippen LogP contribution in [0.15, 0.2) is 33.6 Å². The molecule has 2 rings (SSSR count). The average Bonchev–Trinajstić information content (AvgIpc) is 2.69. The number of thioether (sulfide) groups is 1. The van der Waals surface area contributed by atoms with Crippen molar-refractivity contribution in [3.63, 3.8) is 0 Å². The van der Waals surface area contributed by atoms with E-state index in [1.807, 2.05) is 24.3 Å². The second-order valence-electron chi connectivity index (χ2n) is 5.13. The number of amides is 1. The lowest BCUT2D eigenvalue weighted by molar-refractivity contribution is -0.146. The maximum absolute atomic E-state index is 12.5. The Morgan fingerprint density at radius 2 is 1.95 bits per heavy atom. The van der Waals surface area contributed by atoms with Gasteiger partial charge in [-0.1, -0.05) is 65.9 Å². The van der Waals surface area contributed by atoms with Crippen molar-refractivity contribution < 1.29 is 14.7 Å². The third kappa shape index (κ3) is 3.59. The van der Waals surface area contributed by atoms with E-state index in [0.717, 1.165) is 21.8 Å². The van der Waals surface area contributed by atoms with Gasteiger partial charge in [0.1, 0.15) is 10.4 Å². The molecule has 22 heavy (non-hydrogen) atoms. The molecule has 1 saturated heterocycles. The summed E-state index contributed by atoms with van der Waals surface area (Å²) >= 11 is 9.69. The van der Waals surface area contributed by atoms with E-state index in [1.54, 1.807) is 19.9 Å². The summed E-state index contributed by atoms with van der Waals surface area (Å²) in [6.45, 7) is 3.52. The Kier molecular flexibility index (Phi) is 5.41. The molecule has 1 aromatic carbocycles. The third-order valence-electron chi connectivity index (χ3n) is 3.15. The minimum atomic E-state index is -1.05. The molecule has 0 radical (unpaired) electrons. The highest BCUT2D eigenvalue weighted by Crippen LogP contribution is 2.35. The van der Waals surface area contributed by atoms with Crippen LogP contribution >= 0.6 is 39.9 Å². The number of hydrogen-bond donors (Lipinski definition) is 1. The van der Waals surface area contributed by atoms with Crippen LogP contribution < -0.4 is 0 Å². The molecule has 7 heteroatoms. The number of carboxylic acids is 1. The Morgan fingerprint density at radius 3 is 2.45 bits per heavy atom. The van der Waals surface area contributed by atoms with Gasteiger partial charge in [0.05, 0.1) is 4.91 Å². The molecule has 1 atom stereocenters. The lowest BCUT2D eigenvalue weighted by Gasteiger charge is -2.26. The van der Waals surface area contributed by atoms with Gasteiger partial charge in [-0.25, -0.2) is 4.79 Å². The Balaban J connectivity index is 2.32. The third-order valence-corrected chi connectivity index (χ3v) is 5.01. The number of halogens is 1. The van der Waals surface area contributed by atoms with Crippen molar-refractivity contribution in [2.75, 3.05) is 0 Å². The van der Waals surface area contributed by atoms with E-state index in [0.29, 0.717) is 4.91 Å². The Bertz CT molecular complexity index is 655. The van der Waals surface area contributed by atoms with Crippen molar-refractivity contribution in [3.8, 4) is 0 Å². The van der Waals surface area contributed by atoms with Crippen LogP contribution in [0.2, 0.25) is 0 Å². The molecule has 0 aromatic heterocycles. The largest absolute Gasteiger partial charge is 0.480 e. The van der Waals surface area contributed by atoms with Gasteiger partial charge in [0.2, 0.25) is 0 Å². The summed E-state index contributed by atoms with van der Waals surface area (Å²) in [6.07, 6.45) is 1.73. The van der Waals surface area contributed by atoms with Crippen LogP contribution in [0.3, 0.4) is 0 Å². The minimum absolute atomic E-state index is 0.230. The van der Waals surface area contributed by atoms with Gasteiger partial charge in [-0.05, 0) is 29.7 Å². The van der Waals surface area contributed by atoms with Crippen LogP contribution in [-0.2, 0) is 9.59 Å². The van der Waals surface area contributed by atoms with E-state index in [1.165, 1.54) is 4.90 Å². The molecule has 0 saturated carbocycles. The Morgan fingerprint density at radius 1 is 1.36 bits per heavy atom. The molecule has 1 aliphatic heterocycles. The lowest BCUT2D eigenvalue weighted by atomic mass is 10.0. The quantitative estimate of drug-likeness (QED) is 0.616. The zero-order valence-corrected chi connectivity index (χ0v) is 15.2. The molecule has 0 bridgehead atoms. The maximum Gasteiger partial charge on any atom is 0.327 e. The van der Waals surface area contributed by atoms with Gasteiger partial charge >= 0.3 is 5.97 Å². The number of thiocarbonyl (C=S) groups is 1. The molecular formula is C15H14BrNO3S2. The van der Waals surface area contributed by atoms with Crippen molar-refractivity contribution in [1.82, 2.24) is 4.90 Å². The number of carbonyl (C=O) groups excluding carboxylic acids is 1. The summed E-state index contributed by atoms with van der Waals surface area (Å²) in [5.41, 5.74) is 0.861. The van der Waals surface area contributed by atoms with Crippen LogP contribution in [0.25, 0.3) is 6.08 Å². The van der Waals surface area contributed by atoms with E-state index >= 15 is 0 Å². The molecule has 1 aliphatic rings. The summed E-state index contributed by atoms with van der Waals surface area (Å²) in [4.78, 5) is 25.6. The number of rotatable bonds is 4. The molecule has 116 valence electrons. The van der Waals surface area contributed by atoms with Gasteiger partial charge in [0.15, 0.2) is 0 Å². The first-order chi connectivity index (χ1) is 10.3. The standard InChI is InChI=1S/C15H14BrNO3S2/c1-8(2)12(14(19)20)17-13(18)11(22-15(17)21)7-9-3-5-10(16)6-4-9/h3-8,12H,1-2H3,(H,19,20)/b11-7-/t12-/m0/s1. The highest BCUT2D eigenvalue weighted by molar-refractivity contribution is 9.10. The molecule has 0 unspecified atom stereocenters. The topological polar surface area (TPSA) is 57.6 Å². The highest BCUT2D eigenvalue weighted by atomic mass is 79.9. The summed E-state index contributed by atoms with van der Waals surface area (Å²) in [6, 6.07) is 6.55. The summed E-state index contributed by atoms with van der Waals surface area (Å²) in [7, 11) is 0. The SMILES string of the molecule is CC(C)[C@@H](C(=O)O)N1C(=O)/C(=C/c2ccc(Br)cc2)SC1=S. The van der Waals surface area contributed by atoms with Crippen LogP contribution in [0.1, 0.15) is 19.4 Å². The van der Waals surface area contributed by atoms with E-state index in [4.69, 9.17) is 12.2 Å². The number of hydrogen-bond acceptors (Lipinski definition) is 4. The first kappa shape index (κ1) is 17.2. The molecule has 0 aliphatic carbocycles. The first-order valence-electron chi connectivity index (χ1n) is 6.56. The zero-order valence-electron chi connectivity index (χ0n) is 11.9. The van der Waals surface area contributed by atoms with Crippen molar-refractivity contribution in [1.29, 1.82) is 0 Å². The minimum Gasteiger partial charge on any atom is -0.480 e. The zero-order chi connectivity index (χ0) is 16.4. The van der Waals surface area contributed by atoms with Gasteiger partial charge in [-0.15, -0.1) is 0 Å². The van der Waals surface area contributed by atoms with Gasteiger partial charge < -0.3 is 5.11 Å². The number of aliphatic carboxylic acids is 1. The van der Waals surface area contributed by atoms with E-state index in [-0.39, 0.29) is 16.1 Å². The van der Waals surface area contributed by atoms with Crippen LogP contribution in [0, 0.1) is 5.92 Å². The Hall–Kier alpha value is -1.18. The van der Waals surface area contributed by atoms with Gasteiger partial charge in [0, 0.05) is 4.47 Å². The number of carboxylic acid groups (broad SMARTS) is 1. The smallest absolute Gasteiger partial charge is 0.327 e. The van der Waals surface area contributed by atoms with Crippen molar-refractivity contribution in [2.45, 2.75) is 19.9 Å². The molecule has 4 nitrogen and oxygen atoms in total. The predicted molar refractivity (Wildman–Crippen MR) is 95.4 cm³/mol. The molecule has 0 spiro atoms. The van der Waals surface area contributed by atoms with Crippen LogP contribution in [-0.4, -0.2) is 32.2 Å². The maximum atomic E-state index is 12.5. The molecule has 1 amide bonds. The summed E-state index contributed by atoms with van der Waals surface area (Å²) < 4.78 is 1.23. The summed E-state index contributed by atoms with van der Waals surface area (Å²) in [5, 5.41) is 9.36. The van der Waals surface area contributed by atoms with Gasteiger partial charge in [-0.3, -0.25) is 9.69 Å². The number of carbonyl (C=O) groups is 2. The fourth-order valence-electron chi connectivity index (χ4n) is 2.12. The van der Waals surface area contributed by atoms with E-state index in [2.05, 4.69) is 15.9 Å². The fourth-order valence-corrected chi connectivity index (χ4v) is 3.72. The predicted octanol–water partition coefficient (Wildman–Crippen LogP) is 3.76. The fraction of sp³-hybridized carbons (Fsp3) is 0.267. The molecule has 1 aromatic rings. The molecule has 1 fully saturated rings. The number of benzene rings is 1. The molecule has 1 heterocycles. The Labute approximate surface area is 146 Å². The highest BCUT2D eigenvalue weighted by Gasteiger charge is 2.41.